The first kappa shape index (κ1) is 32.4. The van der Waals surface area contributed by atoms with E-state index in [4.69, 9.17) is 9.15 Å². The van der Waals surface area contributed by atoms with E-state index < -0.39 is 27.6 Å². The molecular weight excluding hydrogens is 636 g/mol. The maximum atomic E-state index is 14.0. The van der Waals surface area contributed by atoms with E-state index in [2.05, 4.69) is 13.8 Å². The molecule has 6 aliphatic rings. The van der Waals surface area contributed by atoms with Gasteiger partial charge < -0.3 is 24.5 Å². The summed E-state index contributed by atoms with van der Waals surface area (Å²) in [6.07, 6.45) is 9.76. The van der Waals surface area contributed by atoms with Gasteiger partial charge in [0.1, 0.15) is 17.1 Å². The lowest BCUT2D eigenvalue weighted by Gasteiger charge is -2.62. The number of aliphatic hydroxyl groups excluding tert-OH is 1. The van der Waals surface area contributed by atoms with Crippen molar-refractivity contribution in [3.8, 4) is 11.5 Å². The summed E-state index contributed by atoms with van der Waals surface area (Å²) in [5.41, 5.74) is -0.434. The van der Waals surface area contributed by atoms with E-state index in [1.807, 2.05) is 39.2 Å². The van der Waals surface area contributed by atoms with Gasteiger partial charge in [-0.1, -0.05) is 32.1 Å². The highest BCUT2D eigenvalue weighted by Crippen LogP contribution is 2.81. The van der Waals surface area contributed by atoms with Gasteiger partial charge in [-0.3, -0.25) is 19.2 Å². The number of aliphatic hydroxyl groups is 1. The number of epoxide rings is 1. The Morgan fingerprint density at radius 1 is 0.860 bits per heavy atom. The Labute approximate surface area is 289 Å². The first-order valence-electron chi connectivity index (χ1n) is 17.1. The molecule has 3 aromatic rings. The van der Waals surface area contributed by atoms with Gasteiger partial charge in [-0.15, -0.1) is 0 Å². The van der Waals surface area contributed by atoms with E-state index in [1.54, 1.807) is 25.3 Å². The fraction of sp³-hybridized carbons (Fsp3) is 0.415. The predicted octanol–water partition coefficient (Wildman–Crippen LogP) is 7.07. The summed E-state index contributed by atoms with van der Waals surface area (Å²) < 4.78 is 11.9. The van der Waals surface area contributed by atoms with Crippen molar-refractivity contribution in [3.63, 3.8) is 0 Å². The molecule has 0 bridgehead atoms. The van der Waals surface area contributed by atoms with Crippen molar-refractivity contribution in [1.82, 2.24) is 0 Å². The zero-order valence-electron chi connectivity index (χ0n) is 28.9. The molecule has 50 heavy (non-hydrogen) atoms. The number of allylic oxidation sites excluding steroid dienone is 4. The number of fused-ring (bicyclic) bond motifs is 5. The number of ketones is 4. The van der Waals surface area contributed by atoms with Crippen molar-refractivity contribution in [2.75, 3.05) is 0 Å². The van der Waals surface area contributed by atoms with Crippen LogP contribution in [0.5, 0.6) is 11.5 Å². The summed E-state index contributed by atoms with van der Waals surface area (Å²) in [5.74, 6) is -1.68. The molecule has 3 fully saturated rings. The van der Waals surface area contributed by atoms with Gasteiger partial charge in [0, 0.05) is 22.0 Å². The number of carbonyl (C=O) groups excluding carboxylic acids is 4. The van der Waals surface area contributed by atoms with E-state index in [0.29, 0.717) is 11.1 Å². The van der Waals surface area contributed by atoms with Crippen LogP contribution >= 0.6 is 0 Å². The first-order chi connectivity index (χ1) is 23.5. The van der Waals surface area contributed by atoms with Gasteiger partial charge in [0.2, 0.25) is 11.6 Å². The summed E-state index contributed by atoms with van der Waals surface area (Å²) in [4.78, 5) is 51.4. The fourth-order valence-corrected chi connectivity index (χ4v) is 11.2. The Hall–Kier alpha value is -4.76. The zero-order chi connectivity index (χ0) is 35.9. The van der Waals surface area contributed by atoms with Crippen molar-refractivity contribution in [3.05, 3.63) is 106 Å². The van der Waals surface area contributed by atoms with Gasteiger partial charge in [0.05, 0.1) is 40.6 Å². The highest BCUT2D eigenvalue weighted by atomic mass is 16.6. The third-order valence-electron chi connectivity index (χ3n) is 13.4. The van der Waals surface area contributed by atoms with Crippen LogP contribution in [0.3, 0.4) is 0 Å². The number of rotatable bonds is 1. The maximum absolute atomic E-state index is 14.0. The quantitative estimate of drug-likeness (QED) is 0.180. The number of hydrogen-bond acceptors (Lipinski definition) is 9. The fourth-order valence-electron chi connectivity index (χ4n) is 11.2. The largest absolute Gasteiger partial charge is 0.507 e. The first-order valence-corrected chi connectivity index (χ1v) is 17.1. The second kappa shape index (κ2) is 9.94. The average molecular weight is 677 g/mol. The topological polar surface area (TPSA) is 155 Å². The minimum Gasteiger partial charge on any atom is -0.507 e. The molecule has 2 heterocycles. The zero-order valence-corrected chi connectivity index (χ0v) is 28.9. The highest BCUT2D eigenvalue weighted by Gasteiger charge is 2.87. The number of hydrogen-bond donors (Lipinski definition) is 3. The number of phenolic OH excluding ortho intramolecular Hbond substituents is 2. The normalized spacial score (nSPS) is 35.6. The van der Waals surface area contributed by atoms with Crippen molar-refractivity contribution >= 4 is 23.1 Å². The Morgan fingerprint density at radius 2 is 1.58 bits per heavy atom. The molecule has 1 aliphatic heterocycles. The maximum Gasteiger partial charge on any atom is 0.206 e. The molecule has 2 saturated carbocycles. The van der Waals surface area contributed by atoms with Crippen LogP contribution in [0.2, 0.25) is 0 Å². The second-order valence-electron chi connectivity index (χ2n) is 16.1. The standard InChI is InChI=1S/C26H30O5.C15H10O4/c1-22(2)17(27)7-9-23(3)16-6-10-24(4)15(14-8-11-30-13-14)12-18-26(24,31-18)25(16,5)21(29)19(28)20(22)23;1-7-5-9-13(11(17)6-7)15(19)12-8(14(9)18)3-2-4-10(12)16/h7-9,11,13,15-16,18,28H,6,10,12H2,1-5H3;2-6,16-17H,1H3. The summed E-state index contributed by atoms with van der Waals surface area (Å²) in [5, 5.41) is 31.0. The molecule has 7 atom stereocenters. The summed E-state index contributed by atoms with van der Waals surface area (Å²) in [7, 11) is 0. The van der Waals surface area contributed by atoms with E-state index in [1.165, 1.54) is 29.8 Å². The smallest absolute Gasteiger partial charge is 0.206 e. The highest BCUT2D eigenvalue weighted by molar-refractivity contribution is 6.30. The number of phenols is 2. The Kier molecular flexibility index (Phi) is 6.45. The molecule has 258 valence electrons. The lowest BCUT2D eigenvalue weighted by atomic mass is 9.39. The van der Waals surface area contributed by atoms with Crippen molar-refractivity contribution in [2.45, 2.75) is 78.4 Å². The summed E-state index contributed by atoms with van der Waals surface area (Å²) in [6, 6.07) is 9.38. The van der Waals surface area contributed by atoms with Crippen LogP contribution in [0.1, 0.15) is 103 Å². The number of furan rings is 1. The molecule has 9 heteroatoms. The van der Waals surface area contributed by atoms with Crippen LogP contribution in [0, 0.1) is 34.5 Å². The molecule has 9 nitrogen and oxygen atoms in total. The van der Waals surface area contributed by atoms with Gasteiger partial charge in [-0.05, 0) is 106 Å². The van der Waals surface area contributed by atoms with Crippen molar-refractivity contribution in [1.29, 1.82) is 0 Å². The van der Waals surface area contributed by atoms with E-state index >= 15 is 0 Å². The van der Waals surface area contributed by atoms with Crippen LogP contribution in [0.25, 0.3) is 0 Å². The van der Waals surface area contributed by atoms with E-state index in [9.17, 15) is 34.5 Å². The average Bonchev–Trinajstić information content (AvgIpc) is 3.41. The number of ether oxygens (including phenoxy) is 1. The molecule has 9 rings (SSSR count). The van der Waals surface area contributed by atoms with Crippen molar-refractivity contribution < 1.29 is 43.7 Å². The minimum absolute atomic E-state index is 0.00527. The summed E-state index contributed by atoms with van der Waals surface area (Å²) in [6.45, 7) is 11.8. The number of aryl methyl sites for hydroxylation is 1. The van der Waals surface area contributed by atoms with Crippen LogP contribution in [-0.2, 0) is 14.3 Å². The minimum atomic E-state index is -0.901. The Morgan fingerprint density at radius 3 is 2.28 bits per heavy atom. The van der Waals surface area contributed by atoms with Crippen LogP contribution in [0.15, 0.2) is 76.8 Å². The Balaban J connectivity index is 0.000000163. The lowest BCUT2D eigenvalue weighted by molar-refractivity contribution is -0.162. The molecule has 0 amide bonds. The van der Waals surface area contributed by atoms with Crippen LogP contribution in [-0.4, -0.2) is 50.2 Å². The van der Waals surface area contributed by atoms with Crippen LogP contribution in [0.4, 0.5) is 0 Å². The van der Waals surface area contributed by atoms with Gasteiger partial charge in [0.25, 0.3) is 0 Å². The molecule has 1 saturated heterocycles. The SMILES string of the molecule is CC1(C)C(=O)C=CC2(C)C1=C(O)C(=O)C1(C)C2CCC2(C)C(c3ccoc3)CC3OC321.Cc1cc(O)c2c(c1)C(=O)c1cccc(O)c1C2=O. The van der Waals surface area contributed by atoms with E-state index in [0.717, 1.165) is 19.3 Å². The number of Topliss-reactive ketones (excluding diaryl/α,β-unsaturated/α-hetero) is 1. The third kappa shape index (κ3) is 3.66. The molecule has 7 unspecified atom stereocenters. The lowest BCUT2D eigenvalue weighted by Crippen LogP contribution is -2.66. The third-order valence-corrected chi connectivity index (χ3v) is 13.4. The Bertz CT molecular complexity index is 2140. The van der Waals surface area contributed by atoms with Gasteiger partial charge >= 0.3 is 0 Å². The molecule has 1 spiro atoms. The summed E-state index contributed by atoms with van der Waals surface area (Å²) >= 11 is 0. The molecule has 1 aromatic heterocycles. The van der Waals surface area contributed by atoms with Gasteiger partial charge in [0.15, 0.2) is 17.3 Å². The molecule has 5 aliphatic carbocycles. The molecule has 3 N–H and O–H groups in total. The molecule has 0 radical (unpaired) electrons. The van der Waals surface area contributed by atoms with Gasteiger partial charge in [-0.2, -0.15) is 0 Å². The number of benzene rings is 2. The number of aromatic hydroxyl groups is 2. The van der Waals surface area contributed by atoms with Crippen molar-refractivity contribution in [2.24, 2.45) is 27.6 Å². The van der Waals surface area contributed by atoms with Crippen LogP contribution < -0.4 is 0 Å². The number of carbonyl (C=O) groups is 4. The van der Waals surface area contributed by atoms with Gasteiger partial charge in [-0.25, -0.2) is 0 Å². The molecular formula is C41H40O9. The predicted molar refractivity (Wildman–Crippen MR) is 181 cm³/mol. The monoisotopic (exact) mass is 676 g/mol. The second-order valence-corrected chi connectivity index (χ2v) is 16.1. The molecule has 2 aromatic carbocycles. The van der Waals surface area contributed by atoms with E-state index in [-0.39, 0.29) is 80.2 Å².